The van der Waals surface area contributed by atoms with Gasteiger partial charge >= 0.3 is 5.97 Å². The number of ether oxygens (including phenoxy) is 1. The standard InChI is InChI=1S/C22H22NO3/c24-22(25-18-20-11-5-2-6-12-20)21-14-7-15-23(17-21)26-16-8-13-19-9-3-1-4-10-19/h1-7,9-12,14-15,17H,8,13,16,18H2/q+1. The van der Waals surface area contributed by atoms with E-state index in [0.29, 0.717) is 12.2 Å². The van der Waals surface area contributed by atoms with Gasteiger partial charge in [0.2, 0.25) is 12.4 Å². The van der Waals surface area contributed by atoms with Crippen LogP contribution in [0.1, 0.15) is 27.9 Å². The molecule has 0 saturated carbocycles. The lowest BCUT2D eigenvalue weighted by Gasteiger charge is -2.04. The highest BCUT2D eigenvalue weighted by Crippen LogP contribution is 2.05. The van der Waals surface area contributed by atoms with Gasteiger partial charge in [0.05, 0.1) is 0 Å². The second-order valence-electron chi connectivity index (χ2n) is 5.94. The highest BCUT2D eigenvalue weighted by Gasteiger charge is 2.13. The summed E-state index contributed by atoms with van der Waals surface area (Å²) in [6.07, 6.45) is 5.28. The molecule has 0 atom stereocenters. The summed E-state index contributed by atoms with van der Waals surface area (Å²) in [5, 5.41) is 0. The van der Waals surface area contributed by atoms with Crippen LogP contribution in [-0.2, 0) is 17.8 Å². The van der Waals surface area contributed by atoms with Crippen LogP contribution in [0.25, 0.3) is 0 Å². The first-order chi connectivity index (χ1) is 12.8. The van der Waals surface area contributed by atoms with Crippen molar-refractivity contribution in [3.8, 4) is 0 Å². The molecule has 0 spiro atoms. The summed E-state index contributed by atoms with van der Waals surface area (Å²) < 4.78 is 6.90. The predicted molar refractivity (Wildman–Crippen MR) is 98.4 cm³/mol. The van der Waals surface area contributed by atoms with Crippen molar-refractivity contribution < 1.29 is 19.1 Å². The normalized spacial score (nSPS) is 10.3. The lowest BCUT2D eigenvalue weighted by Crippen LogP contribution is -2.43. The van der Waals surface area contributed by atoms with Crippen molar-refractivity contribution in [3.05, 3.63) is 102 Å². The van der Waals surface area contributed by atoms with E-state index in [-0.39, 0.29) is 12.6 Å². The van der Waals surface area contributed by atoms with E-state index in [1.807, 2.05) is 48.5 Å². The molecule has 0 aliphatic heterocycles. The Morgan fingerprint density at radius 1 is 0.846 bits per heavy atom. The molecule has 1 heterocycles. The molecular weight excluding hydrogens is 326 g/mol. The molecule has 3 aromatic rings. The lowest BCUT2D eigenvalue weighted by molar-refractivity contribution is -0.891. The molecule has 3 rings (SSSR count). The Morgan fingerprint density at radius 3 is 2.27 bits per heavy atom. The first kappa shape index (κ1) is 17.7. The van der Waals surface area contributed by atoms with Crippen molar-refractivity contribution >= 4 is 5.97 Å². The van der Waals surface area contributed by atoms with Crippen LogP contribution in [0, 0.1) is 0 Å². The smallest absolute Gasteiger partial charge is 0.344 e. The van der Waals surface area contributed by atoms with Crippen molar-refractivity contribution in [1.82, 2.24) is 0 Å². The molecule has 0 bridgehead atoms. The van der Waals surface area contributed by atoms with Crippen LogP contribution in [0.4, 0.5) is 0 Å². The van der Waals surface area contributed by atoms with E-state index < -0.39 is 0 Å². The fourth-order valence-electron chi connectivity index (χ4n) is 2.55. The maximum absolute atomic E-state index is 12.2. The Hall–Kier alpha value is -3.14. The number of carbonyl (C=O) groups is 1. The van der Waals surface area contributed by atoms with Crippen molar-refractivity contribution in [2.45, 2.75) is 19.4 Å². The van der Waals surface area contributed by atoms with Crippen LogP contribution < -0.4 is 9.57 Å². The van der Waals surface area contributed by atoms with E-state index >= 15 is 0 Å². The number of aromatic nitrogens is 1. The number of benzene rings is 2. The molecule has 0 amide bonds. The summed E-state index contributed by atoms with van der Waals surface area (Å²) in [4.78, 5) is 17.9. The average molecular weight is 348 g/mol. The number of pyridine rings is 1. The molecule has 26 heavy (non-hydrogen) atoms. The van der Waals surface area contributed by atoms with Gasteiger partial charge in [0.15, 0.2) is 6.61 Å². The molecule has 0 N–H and O–H groups in total. The topological polar surface area (TPSA) is 39.4 Å². The van der Waals surface area contributed by atoms with E-state index in [4.69, 9.17) is 9.57 Å². The zero-order chi connectivity index (χ0) is 18.0. The molecule has 0 aliphatic rings. The fraction of sp³-hybridized carbons (Fsp3) is 0.182. The number of aryl methyl sites for hydroxylation is 1. The molecule has 132 valence electrons. The minimum absolute atomic E-state index is 0.256. The first-order valence-corrected chi connectivity index (χ1v) is 8.71. The minimum Gasteiger partial charge on any atom is -0.457 e. The number of hydrogen-bond acceptors (Lipinski definition) is 3. The zero-order valence-corrected chi connectivity index (χ0v) is 14.6. The van der Waals surface area contributed by atoms with E-state index in [1.165, 1.54) is 5.56 Å². The van der Waals surface area contributed by atoms with Crippen LogP contribution in [-0.4, -0.2) is 12.6 Å². The van der Waals surface area contributed by atoms with Crippen molar-refractivity contribution in [2.75, 3.05) is 6.61 Å². The summed E-state index contributed by atoms with van der Waals surface area (Å²) in [6.45, 7) is 0.828. The van der Waals surface area contributed by atoms with E-state index in [2.05, 4.69) is 12.1 Å². The lowest BCUT2D eigenvalue weighted by atomic mass is 10.1. The van der Waals surface area contributed by atoms with Gasteiger partial charge in [-0.2, -0.15) is 0 Å². The zero-order valence-electron chi connectivity index (χ0n) is 14.6. The maximum Gasteiger partial charge on any atom is 0.344 e. The van der Waals surface area contributed by atoms with Crippen molar-refractivity contribution in [3.63, 3.8) is 0 Å². The van der Waals surface area contributed by atoms with Crippen molar-refractivity contribution in [1.29, 1.82) is 0 Å². The monoisotopic (exact) mass is 348 g/mol. The van der Waals surface area contributed by atoms with Crippen LogP contribution in [0.2, 0.25) is 0 Å². The number of carbonyl (C=O) groups excluding carboxylic acids is 1. The summed E-state index contributed by atoms with van der Waals surface area (Å²) in [7, 11) is 0. The van der Waals surface area contributed by atoms with E-state index in [9.17, 15) is 4.79 Å². The van der Waals surface area contributed by atoms with Gasteiger partial charge in [-0.05, 0) is 30.0 Å². The highest BCUT2D eigenvalue weighted by molar-refractivity contribution is 5.88. The Morgan fingerprint density at radius 2 is 1.54 bits per heavy atom. The second-order valence-corrected chi connectivity index (χ2v) is 5.94. The SMILES string of the molecule is O=C(OCc1ccccc1)c1ccc[n+](OCCCc2ccccc2)c1. The molecular formula is C22H22NO3+. The molecule has 1 aromatic heterocycles. The van der Waals surface area contributed by atoms with Crippen LogP contribution in [0.15, 0.2) is 85.2 Å². The van der Waals surface area contributed by atoms with E-state index in [0.717, 1.165) is 18.4 Å². The largest absolute Gasteiger partial charge is 0.457 e. The Bertz CT molecular complexity index is 819. The fourth-order valence-corrected chi connectivity index (χ4v) is 2.55. The molecule has 2 aromatic carbocycles. The van der Waals surface area contributed by atoms with Crippen LogP contribution in [0.3, 0.4) is 0 Å². The second kappa shape index (κ2) is 9.37. The summed E-state index contributed by atoms with van der Waals surface area (Å²) in [5.74, 6) is -0.365. The molecule has 4 nitrogen and oxygen atoms in total. The summed E-state index contributed by atoms with van der Waals surface area (Å²) in [6, 6.07) is 23.4. The van der Waals surface area contributed by atoms with Gasteiger partial charge in [-0.15, -0.1) is 0 Å². The Labute approximate surface area is 153 Å². The maximum atomic E-state index is 12.2. The number of esters is 1. The minimum atomic E-state index is -0.365. The van der Waals surface area contributed by atoms with Gasteiger partial charge in [-0.3, -0.25) is 4.84 Å². The average Bonchev–Trinajstić information content (AvgIpc) is 2.71. The third-order valence-electron chi connectivity index (χ3n) is 3.92. The third kappa shape index (κ3) is 5.45. The Balaban J connectivity index is 1.47. The molecule has 0 unspecified atom stereocenters. The molecule has 4 heteroatoms. The van der Waals surface area contributed by atoms with Crippen LogP contribution >= 0.6 is 0 Å². The molecule has 0 fully saturated rings. The number of nitrogens with zero attached hydrogens (tertiary/aromatic N) is 1. The van der Waals surface area contributed by atoms with E-state index in [1.54, 1.807) is 29.3 Å². The Kier molecular flexibility index (Phi) is 6.37. The third-order valence-corrected chi connectivity index (χ3v) is 3.92. The summed E-state index contributed by atoms with van der Waals surface area (Å²) >= 11 is 0. The quantitative estimate of drug-likeness (QED) is 0.356. The van der Waals surface area contributed by atoms with Gasteiger partial charge < -0.3 is 4.74 Å². The van der Waals surface area contributed by atoms with Crippen molar-refractivity contribution in [2.24, 2.45) is 0 Å². The molecule has 0 aliphatic carbocycles. The molecule has 0 radical (unpaired) electrons. The first-order valence-electron chi connectivity index (χ1n) is 8.71. The predicted octanol–water partition coefficient (Wildman–Crippen LogP) is 3.39. The molecule has 0 saturated heterocycles. The van der Waals surface area contributed by atoms with Gasteiger partial charge in [0.1, 0.15) is 12.2 Å². The highest BCUT2D eigenvalue weighted by atomic mass is 16.7. The summed E-state index contributed by atoms with van der Waals surface area (Å²) in [5.41, 5.74) is 2.72. The van der Waals surface area contributed by atoms with Gasteiger partial charge in [0, 0.05) is 10.8 Å². The van der Waals surface area contributed by atoms with Gasteiger partial charge in [-0.25, -0.2) is 4.79 Å². The van der Waals surface area contributed by atoms with Crippen LogP contribution in [0.5, 0.6) is 0 Å². The number of hydrogen-bond donors (Lipinski definition) is 0. The van der Waals surface area contributed by atoms with Gasteiger partial charge in [-0.1, -0.05) is 60.7 Å². The van der Waals surface area contributed by atoms with Gasteiger partial charge in [0.25, 0.3) is 0 Å². The number of rotatable bonds is 8.